The molecule has 0 saturated carbocycles. The Morgan fingerprint density at radius 2 is 0.500 bits per heavy atom. The van der Waals surface area contributed by atoms with E-state index in [0.29, 0.717) is 0 Å². The Morgan fingerprint density at radius 3 is 0.894 bits per heavy atom. The van der Waals surface area contributed by atoms with Crippen LogP contribution in [-0.2, 0) is 6.42 Å². The van der Waals surface area contributed by atoms with Crippen molar-refractivity contribution in [3.05, 3.63) is 405 Å². The van der Waals surface area contributed by atoms with Gasteiger partial charge >= 0.3 is 0 Å². The Bertz CT molecular complexity index is 5850. The summed E-state index contributed by atoms with van der Waals surface area (Å²) in [6, 6.07) is 140. The van der Waals surface area contributed by atoms with Gasteiger partial charge in [0.15, 0.2) is 0 Å². The number of fused-ring (bicyclic) bond motifs is 11. The van der Waals surface area contributed by atoms with Gasteiger partial charge in [0.05, 0.1) is 44.5 Å². The summed E-state index contributed by atoms with van der Waals surface area (Å²) in [6.45, 7) is 0. The molecule has 0 saturated heterocycles. The number of nitrogens with zero attached hydrogens (tertiary/aromatic N) is 6. The third kappa shape index (κ3) is 10.9. The van der Waals surface area contributed by atoms with E-state index in [1.807, 2.05) is 0 Å². The van der Waals surface area contributed by atoms with Gasteiger partial charge in [-0.25, -0.2) is 0 Å². The van der Waals surface area contributed by atoms with E-state index in [-0.39, 0.29) is 0 Å². The molecule has 1 aliphatic carbocycles. The third-order valence-electron chi connectivity index (χ3n) is 20.7. The van der Waals surface area contributed by atoms with Gasteiger partial charge in [-0.2, -0.15) is 0 Å². The van der Waals surface area contributed by atoms with Crippen LogP contribution < -0.4 is 14.7 Å². The lowest BCUT2D eigenvalue weighted by atomic mass is 9.95. The van der Waals surface area contributed by atoms with Crippen molar-refractivity contribution in [2.24, 2.45) is 0 Å². The molecule has 20 rings (SSSR count). The topological polar surface area (TPSA) is 24.5 Å². The van der Waals surface area contributed by atoms with Crippen LogP contribution in [0, 0.1) is 0 Å². The first-order chi connectivity index (χ1) is 51.6. The fourth-order valence-corrected chi connectivity index (χ4v) is 16.0. The van der Waals surface area contributed by atoms with Crippen molar-refractivity contribution in [3.63, 3.8) is 0 Å². The van der Waals surface area contributed by atoms with Gasteiger partial charge in [0.2, 0.25) is 0 Å². The normalized spacial score (nSPS) is 11.9. The number of rotatable bonds is 13. The first-order valence-electron chi connectivity index (χ1n) is 35.9. The number of benzene rings is 16. The van der Waals surface area contributed by atoms with E-state index < -0.39 is 0 Å². The average molecular weight is 1330 g/mol. The minimum absolute atomic E-state index is 1.08. The monoisotopic (exact) mass is 1330 g/mol. The molecule has 0 amide bonds. The van der Waals surface area contributed by atoms with Crippen LogP contribution in [0.25, 0.3) is 110 Å². The standard InChI is InChI=1S/C54H36N4.C44H34N2/c1-7-19-49-43(13-1)44-14-2-8-20-50(44)56(49)40-31-25-37(26-32-40)55(38-27-33-41(34-28-38)57-51-21-9-3-15-45(51)46-16-4-10-22-52(46)57)39-29-35-42(36-30-39)58-53-23-11-5-17-47(53)48-18-6-12-24-54(48)58;1-3-17-37(18-4-1)45(43-23-11-15-35-13-7-9-21-41(35)43)39-29-25-33(26-30-39)34-27-31-40(32-28-34)46(38-19-5-2-6-20-38)44-24-12-16-36-14-8-10-22-42(36)44/h1-36H;1-7,9-13,15-32H,8,14H2. The van der Waals surface area contributed by atoms with Crippen LogP contribution in [0.4, 0.5) is 51.2 Å². The summed E-state index contributed by atoms with van der Waals surface area (Å²) in [5, 5.41) is 10.0. The number of anilines is 9. The largest absolute Gasteiger partial charge is 0.310 e. The number of hydrogen-bond donors (Lipinski definition) is 0. The molecule has 16 aromatic carbocycles. The van der Waals surface area contributed by atoms with Gasteiger partial charge in [0.25, 0.3) is 0 Å². The van der Waals surface area contributed by atoms with Crippen LogP contribution in [0.2, 0.25) is 0 Å². The highest BCUT2D eigenvalue weighted by Crippen LogP contribution is 2.45. The lowest BCUT2D eigenvalue weighted by molar-refractivity contribution is 0.984. The average Bonchev–Trinajstić information content (AvgIpc) is 1.07. The first-order valence-corrected chi connectivity index (χ1v) is 35.9. The molecule has 0 unspecified atom stereocenters. The van der Waals surface area contributed by atoms with Gasteiger partial charge in [0, 0.05) is 100 Å². The van der Waals surface area contributed by atoms with Gasteiger partial charge in [0.1, 0.15) is 0 Å². The van der Waals surface area contributed by atoms with E-state index in [4.69, 9.17) is 0 Å². The molecule has 104 heavy (non-hydrogen) atoms. The van der Waals surface area contributed by atoms with Crippen molar-refractivity contribution in [2.45, 2.75) is 12.8 Å². The van der Waals surface area contributed by atoms with Crippen LogP contribution in [0.1, 0.15) is 17.5 Å². The molecule has 6 nitrogen and oxygen atoms in total. The molecule has 0 atom stereocenters. The maximum atomic E-state index is 2.38. The molecule has 6 heteroatoms. The van der Waals surface area contributed by atoms with Crippen LogP contribution in [-0.4, -0.2) is 13.7 Å². The van der Waals surface area contributed by atoms with Gasteiger partial charge < -0.3 is 28.4 Å². The van der Waals surface area contributed by atoms with Gasteiger partial charge in [-0.3, -0.25) is 0 Å². The predicted molar refractivity (Wildman–Crippen MR) is 440 cm³/mol. The molecule has 1 aliphatic rings. The molecule has 0 N–H and O–H groups in total. The van der Waals surface area contributed by atoms with Crippen molar-refractivity contribution in [3.8, 4) is 28.2 Å². The molecule has 3 heterocycles. The van der Waals surface area contributed by atoms with Gasteiger partial charge in [-0.05, 0) is 205 Å². The minimum Gasteiger partial charge on any atom is -0.310 e. The van der Waals surface area contributed by atoms with E-state index in [9.17, 15) is 0 Å². The number of para-hydroxylation sites is 8. The van der Waals surface area contributed by atoms with Crippen molar-refractivity contribution in [1.29, 1.82) is 0 Å². The lowest BCUT2D eigenvalue weighted by Gasteiger charge is -2.29. The van der Waals surface area contributed by atoms with E-state index in [2.05, 4.69) is 429 Å². The maximum absolute atomic E-state index is 2.38. The number of aromatic nitrogens is 3. The van der Waals surface area contributed by atoms with Gasteiger partial charge in [-0.1, -0.05) is 231 Å². The molecule has 0 aliphatic heterocycles. The number of allylic oxidation sites excluding steroid dienone is 1. The second kappa shape index (κ2) is 26.4. The summed E-state index contributed by atoms with van der Waals surface area (Å²) >= 11 is 0. The van der Waals surface area contributed by atoms with Crippen LogP contribution >= 0.6 is 0 Å². The molecule has 0 fully saturated rings. The van der Waals surface area contributed by atoms with E-state index in [1.165, 1.54) is 110 Å². The molecular weight excluding hydrogens is 1260 g/mol. The van der Waals surface area contributed by atoms with Crippen LogP contribution in [0.15, 0.2) is 394 Å². The minimum atomic E-state index is 1.08. The van der Waals surface area contributed by atoms with Crippen LogP contribution in [0.3, 0.4) is 0 Å². The van der Waals surface area contributed by atoms with Crippen molar-refractivity contribution >= 4 is 133 Å². The summed E-state index contributed by atoms with van der Waals surface area (Å²) in [6.07, 6.45) is 6.76. The van der Waals surface area contributed by atoms with Crippen molar-refractivity contribution in [2.75, 3.05) is 14.7 Å². The zero-order chi connectivity index (χ0) is 68.9. The molecule has 19 aromatic rings. The Morgan fingerprint density at radius 1 is 0.212 bits per heavy atom. The second-order valence-electron chi connectivity index (χ2n) is 26.7. The Hall–Kier alpha value is -13.7. The fourth-order valence-electron chi connectivity index (χ4n) is 16.0. The lowest BCUT2D eigenvalue weighted by Crippen LogP contribution is -2.12. The number of hydrogen-bond acceptors (Lipinski definition) is 3. The molecule has 492 valence electrons. The highest BCUT2D eigenvalue weighted by Gasteiger charge is 2.22. The Balaban J connectivity index is 0.000000147. The smallest absolute Gasteiger partial charge is 0.0541 e. The molecule has 3 aromatic heterocycles. The quantitative estimate of drug-likeness (QED) is 0.115. The zero-order valence-corrected chi connectivity index (χ0v) is 57.2. The summed E-state index contributed by atoms with van der Waals surface area (Å²) in [4.78, 5) is 7.09. The second-order valence-corrected chi connectivity index (χ2v) is 26.7. The summed E-state index contributed by atoms with van der Waals surface area (Å²) < 4.78 is 7.12. The third-order valence-corrected chi connectivity index (χ3v) is 20.7. The highest BCUT2D eigenvalue weighted by molar-refractivity contribution is 6.12. The zero-order valence-electron chi connectivity index (χ0n) is 57.2. The van der Waals surface area contributed by atoms with E-state index in [1.54, 1.807) is 0 Å². The first kappa shape index (κ1) is 61.4. The van der Waals surface area contributed by atoms with Crippen molar-refractivity contribution < 1.29 is 0 Å². The number of aryl methyl sites for hydroxylation is 1. The molecule has 0 radical (unpaired) electrons. The fraction of sp³-hybridized carbons (Fsp3) is 0.0204. The summed E-state index contributed by atoms with van der Waals surface area (Å²) in [7, 11) is 0. The molecule has 0 spiro atoms. The summed E-state index contributed by atoms with van der Waals surface area (Å²) in [5.41, 5.74) is 25.9. The molecular formula is C98H70N6. The predicted octanol–water partition coefficient (Wildman–Crippen LogP) is 26.9. The SMILES string of the molecule is C1=Cc2c(cccc2N(c2ccccc2)c2ccc(-c3ccc(N(c4ccccc4)c4cccc5ccccc45)cc3)cc2)CC1.c1ccc2c(c1)c1ccccc1n2-c1ccc(N(c2ccc(-n3c4ccccc4c4ccccc43)cc2)c2ccc(-n3c4ccccc4c4ccccc43)cc2)cc1. The Kier molecular flexibility index (Phi) is 15.6. The Labute approximate surface area is 604 Å². The van der Waals surface area contributed by atoms with Gasteiger partial charge in [-0.15, -0.1) is 0 Å². The van der Waals surface area contributed by atoms with Crippen LogP contribution in [0.5, 0.6) is 0 Å². The van der Waals surface area contributed by atoms with E-state index >= 15 is 0 Å². The van der Waals surface area contributed by atoms with Crippen molar-refractivity contribution in [1.82, 2.24) is 13.7 Å². The van der Waals surface area contributed by atoms with E-state index in [0.717, 1.165) is 69.7 Å². The highest BCUT2D eigenvalue weighted by atomic mass is 15.2. The summed E-state index contributed by atoms with van der Waals surface area (Å²) in [5.74, 6) is 0. The molecule has 0 bridgehead atoms. The maximum Gasteiger partial charge on any atom is 0.0541 e.